The van der Waals surface area contributed by atoms with E-state index in [1.165, 1.54) is 17.4 Å². The van der Waals surface area contributed by atoms with Gasteiger partial charge in [-0.05, 0) is 23.6 Å². The lowest BCUT2D eigenvalue weighted by Crippen LogP contribution is -1.94. The minimum atomic E-state index is -0.502. The smallest absolute Gasteiger partial charge is 0.143 e. The first-order chi connectivity index (χ1) is 7.31. The number of hydrogen-bond acceptors (Lipinski definition) is 3. The maximum absolute atomic E-state index is 13.2. The Morgan fingerprint density at radius 3 is 2.87 bits per heavy atom. The molecule has 1 aromatic carbocycles. The lowest BCUT2D eigenvalue weighted by atomic mass is 10.2. The van der Waals surface area contributed by atoms with Gasteiger partial charge < -0.3 is 5.32 Å². The summed E-state index contributed by atoms with van der Waals surface area (Å²) in [4.78, 5) is 0. The summed E-state index contributed by atoms with van der Waals surface area (Å²) in [7, 11) is 0. The SMILES string of the molecule is N#Cc1c(F)cccc1Nc1ccsc1. The maximum atomic E-state index is 13.2. The number of nitrogens with zero attached hydrogens (tertiary/aromatic N) is 1. The van der Waals surface area contributed by atoms with Gasteiger partial charge in [-0.25, -0.2) is 4.39 Å². The predicted octanol–water partition coefficient (Wildman–Crippen LogP) is 3.50. The molecule has 0 fully saturated rings. The minimum absolute atomic E-state index is 0.0451. The molecule has 0 radical (unpaired) electrons. The molecule has 0 bridgehead atoms. The van der Waals surface area contributed by atoms with Crippen molar-refractivity contribution < 1.29 is 4.39 Å². The van der Waals surface area contributed by atoms with Crippen LogP contribution in [0.3, 0.4) is 0 Å². The van der Waals surface area contributed by atoms with Crippen LogP contribution in [-0.4, -0.2) is 0 Å². The number of rotatable bonds is 2. The molecule has 1 aromatic heterocycles. The number of halogens is 1. The minimum Gasteiger partial charge on any atom is -0.354 e. The van der Waals surface area contributed by atoms with E-state index in [1.54, 1.807) is 12.1 Å². The molecule has 2 aromatic rings. The lowest BCUT2D eigenvalue weighted by Gasteiger charge is -2.05. The molecule has 0 spiro atoms. The van der Waals surface area contributed by atoms with Crippen LogP contribution in [0, 0.1) is 17.1 Å². The van der Waals surface area contributed by atoms with Crippen LogP contribution in [0.25, 0.3) is 0 Å². The molecule has 0 unspecified atom stereocenters. The molecule has 0 aliphatic rings. The normalized spacial score (nSPS) is 9.60. The van der Waals surface area contributed by atoms with Gasteiger partial charge in [0.25, 0.3) is 0 Å². The number of nitriles is 1. The predicted molar refractivity (Wildman–Crippen MR) is 58.7 cm³/mol. The van der Waals surface area contributed by atoms with Crippen LogP contribution < -0.4 is 5.32 Å². The molecule has 1 N–H and O–H groups in total. The number of nitrogens with one attached hydrogen (secondary N) is 1. The Hall–Kier alpha value is -1.86. The van der Waals surface area contributed by atoms with Gasteiger partial charge in [-0.3, -0.25) is 0 Å². The summed E-state index contributed by atoms with van der Waals surface area (Å²) in [5.74, 6) is -0.502. The Morgan fingerprint density at radius 2 is 2.20 bits per heavy atom. The van der Waals surface area contributed by atoms with Gasteiger partial charge in [0.05, 0.1) is 5.69 Å². The van der Waals surface area contributed by atoms with E-state index >= 15 is 0 Å². The molecule has 2 nitrogen and oxygen atoms in total. The van der Waals surface area contributed by atoms with E-state index in [1.807, 2.05) is 22.9 Å². The molecule has 0 aliphatic carbocycles. The molecule has 74 valence electrons. The highest BCUT2D eigenvalue weighted by atomic mass is 32.1. The molecule has 0 aliphatic heterocycles. The first kappa shape index (κ1) is 9.69. The largest absolute Gasteiger partial charge is 0.354 e. The van der Waals surface area contributed by atoms with Gasteiger partial charge in [0.1, 0.15) is 17.4 Å². The summed E-state index contributed by atoms with van der Waals surface area (Å²) in [6, 6.07) is 8.24. The Labute approximate surface area is 90.6 Å². The summed E-state index contributed by atoms with van der Waals surface area (Å²) in [6.07, 6.45) is 0. The van der Waals surface area contributed by atoms with Crippen molar-refractivity contribution in [3.8, 4) is 6.07 Å². The summed E-state index contributed by atoms with van der Waals surface area (Å²) >= 11 is 1.54. The van der Waals surface area contributed by atoms with E-state index in [2.05, 4.69) is 5.32 Å². The average molecular weight is 218 g/mol. The zero-order chi connectivity index (χ0) is 10.7. The second kappa shape index (κ2) is 4.11. The Bertz CT molecular complexity index is 500. The molecule has 0 atom stereocenters. The third-order valence-corrected chi connectivity index (χ3v) is 2.61. The highest BCUT2D eigenvalue weighted by molar-refractivity contribution is 7.08. The van der Waals surface area contributed by atoms with Crippen molar-refractivity contribution in [2.75, 3.05) is 5.32 Å². The van der Waals surface area contributed by atoms with E-state index in [-0.39, 0.29) is 5.56 Å². The van der Waals surface area contributed by atoms with Crippen LogP contribution in [0.1, 0.15) is 5.56 Å². The van der Waals surface area contributed by atoms with E-state index < -0.39 is 5.82 Å². The van der Waals surface area contributed by atoms with Gasteiger partial charge in [-0.2, -0.15) is 16.6 Å². The fourth-order valence-electron chi connectivity index (χ4n) is 1.23. The average Bonchev–Trinajstić information content (AvgIpc) is 2.71. The molecule has 4 heteroatoms. The third-order valence-electron chi connectivity index (χ3n) is 1.93. The highest BCUT2D eigenvalue weighted by Crippen LogP contribution is 2.23. The number of hydrogen-bond donors (Lipinski definition) is 1. The summed E-state index contributed by atoms with van der Waals surface area (Å²) in [5, 5.41) is 15.6. The Balaban J connectivity index is 2.37. The van der Waals surface area contributed by atoms with Crippen molar-refractivity contribution in [2.24, 2.45) is 0 Å². The van der Waals surface area contributed by atoms with Gasteiger partial charge in [-0.15, -0.1) is 0 Å². The van der Waals surface area contributed by atoms with Crippen LogP contribution >= 0.6 is 11.3 Å². The van der Waals surface area contributed by atoms with Gasteiger partial charge in [0, 0.05) is 11.1 Å². The monoisotopic (exact) mass is 218 g/mol. The number of benzene rings is 1. The van der Waals surface area contributed by atoms with Crippen molar-refractivity contribution in [2.45, 2.75) is 0 Å². The summed E-state index contributed by atoms with van der Waals surface area (Å²) in [5.41, 5.74) is 1.40. The first-order valence-electron chi connectivity index (χ1n) is 4.29. The molecule has 1 heterocycles. The first-order valence-corrected chi connectivity index (χ1v) is 5.23. The molecular formula is C11H7FN2S. The van der Waals surface area contributed by atoms with Crippen molar-refractivity contribution in [3.63, 3.8) is 0 Å². The van der Waals surface area contributed by atoms with Crippen molar-refractivity contribution in [1.82, 2.24) is 0 Å². The van der Waals surface area contributed by atoms with Crippen LogP contribution in [0.5, 0.6) is 0 Å². The van der Waals surface area contributed by atoms with Crippen molar-refractivity contribution >= 4 is 22.7 Å². The molecular weight excluding hydrogens is 211 g/mol. The summed E-state index contributed by atoms with van der Waals surface area (Å²) < 4.78 is 13.2. The van der Waals surface area contributed by atoms with Crippen molar-refractivity contribution in [3.05, 3.63) is 46.4 Å². The second-order valence-corrected chi connectivity index (χ2v) is 3.69. The van der Waals surface area contributed by atoms with E-state index in [4.69, 9.17) is 5.26 Å². The van der Waals surface area contributed by atoms with Crippen molar-refractivity contribution in [1.29, 1.82) is 5.26 Å². The topological polar surface area (TPSA) is 35.8 Å². The molecule has 2 rings (SSSR count). The van der Waals surface area contributed by atoms with Crippen LogP contribution in [0.2, 0.25) is 0 Å². The lowest BCUT2D eigenvalue weighted by molar-refractivity contribution is 0.624. The van der Waals surface area contributed by atoms with E-state index in [0.717, 1.165) is 5.69 Å². The van der Waals surface area contributed by atoms with E-state index in [9.17, 15) is 4.39 Å². The van der Waals surface area contributed by atoms with Gasteiger partial charge in [0.15, 0.2) is 0 Å². The number of anilines is 2. The zero-order valence-corrected chi connectivity index (χ0v) is 8.51. The fourth-order valence-corrected chi connectivity index (χ4v) is 1.82. The second-order valence-electron chi connectivity index (χ2n) is 2.91. The summed E-state index contributed by atoms with van der Waals surface area (Å²) in [6.45, 7) is 0. The van der Waals surface area contributed by atoms with Crippen LogP contribution in [0.15, 0.2) is 35.0 Å². The zero-order valence-electron chi connectivity index (χ0n) is 7.70. The molecule has 0 amide bonds. The molecule has 0 saturated heterocycles. The Kier molecular flexibility index (Phi) is 2.66. The Morgan fingerprint density at radius 1 is 1.33 bits per heavy atom. The van der Waals surface area contributed by atoms with Crippen LogP contribution in [0.4, 0.5) is 15.8 Å². The van der Waals surface area contributed by atoms with Gasteiger partial charge >= 0.3 is 0 Å². The van der Waals surface area contributed by atoms with Gasteiger partial charge in [-0.1, -0.05) is 6.07 Å². The standard InChI is InChI=1S/C11H7FN2S/c12-10-2-1-3-11(9(10)6-13)14-8-4-5-15-7-8/h1-5,7,14H. The van der Waals surface area contributed by atoms with Gasteiger partial charge in [0.2, 0.25) is 0 Å². The number of thiophene rings is 1. The fraction of sp³-hybridized carbons (Fsp3) is 0. The third kappa shape index (κ3) is 1.97. The maximum Gasteiger partial charge on any atom is 0.143 e. The molecule has 0 saturated carbocycles. The quantitative estimate of drug-likeness (QED) is 0.837. The van der Waals surface area contributed by atoms with Crippen LogP contribution in [-0.2, 0) is 0 Å². The molecule has 15 heavy (non-hydrogen) atoms. The highest BCUT2D eigenvalue weighted by Gasteiger charge is 2.07. The van der Waals surface area contributed by atoms with E-state index in [0.29, 0.717) is 5.69 Å².